The highest BCUT2D eigenvalue weighted by molar-refractivity contribution is 6.10. The number of para-hydroxylation sites is 1. The number of nitrogens with zero attached hydrogens (tertiary/aromatic N) is 2. The first-order valence-electron chi connectivity index (χ1n) is 9.55. The normalized spacial score (nSPS) is 12.2. The largest absolute Gasteiger partial charge is 0.341 e. The smallest absolute Gasteiger partial charge is 0.269 e. The first-order valence-corrected chi connectivity index (χ1v) is 9.55. The summed E-state index contributed by atoms with van der Waals surface area (Å²) in [6, 6.07) is 20.3. The van der Waals surface area contributed by atoms with Gasteiger partial charge in [0, 0.05) is 46.2 Å². The van der Waals surface area contributed by atoms with E-state index in [9.17, 15) is 14.9 Å². The van der Waals surface area contributed by atoms with Crippen LogP contribution in [0.3, 0.4) is 0 Å². The number of aromatic nitrogens is 1. The highest BCUT2D eigenvalue weighted by Gasteiger charge is 2.17. The summed E-state index contributed by atoms with van der Waals surface area (Å²) in [5.41, 5.74) is 3.79. The Morgan fingerprint density at radius 1 is 1.03 bits per heavy atom. The average Bonchev–Trinajstić information content (AvgIpc) is 3.06. The number of nitrogens with one attached hydrogen (secondary N) is 1. The minimum atomic E-state index is -0.448. The van der Waals surface area contributed by atoms with Crippen LogP contribution in [-0.2, 0) is 11.3 Å². The second kappa shape index (κ2) is 7.39. The molecule has 6 nitrogen and oxygen atoms in total. The highest BCUT2D eigenvalue weighted by Crippen LogP contribution is 2.31. The maximum atomic E-state index is 12.7. The summed E-state index contributed by atoms with van der Waals surface area (Å²) in [5, 5.41) is 16.0. The maximum absolute atomic E-state index is 12.7. The Kier molecular flexibility index (Phi) is 4.76. The lowest BCUT2D eigenvalue weighted by molar-refractivity contribution is -0.384. The Hall–Kier alpha value is -3.67. The maximum Gasteiger partial charge on any atom is 0.269 e. The fourth-order valence-corrected chi connectivity index (χ4v) is 3.76. The van der Waals surface area contributed by atoms with Gasteiger partial charge in [-0.2, -0.15) is 0 Å². The van der Waals surface area contributed by atoms with Gasteiger partial charge in [0.2, 0.25) is 5.91 Å². The third-order valence-corrected chi connectivity index (χ3v) is 5.35. The summed E-state index contributed by atoms with van der Waals surface area (Å²) in [5.74, 6) is -0.582. The van der Waals surface area contributed by atoms with E-state index in [1.807, 2.05) is 30.3 Å². The summed E-state index contributed by atoms with van der Waals surface area (Å²) in [4.78, 5) is 23.1. The predicted molar refractivity (Wildman–Crippen MR) is 115 cm³/mol. The van der Waals surface area contributed by atoms with Crippen LogP contribution in [0.1, 0.15) is 25.3 Å². The van der Waals surface area contributed by atoms with Crippen molar-refractivity contribution < 1.29 is 9.72 Å². The molecule has 1 atom stereocenters. The van der Waals surface area contributed by atoms with E-state index < -0.39 is 10.8 Å². The molecule has 4 rings (SSSR count). The van der Waals surface area contributed by atoms with Crippen molar-refractivity contribution in [2.45, 2.75) is 26.3 Å². The molecule has 0 bridgehead atoms. The van der Waals surface area contributed by atoms with Gasteiger partial charge in [-0.25, -0.2) is 0 Å². The van der Waals surface area contributed by atoms with Gasteiger partial charge in [0.05, 0.1) is 10.8 Å². The van der Waals surface area contributed by atoms with Gasteiger partial charge in [0.15, 0.2) is 0 Å². The van der Waals surface area contributed by atoms with E-state index in [2.05, 4.69) is 28.9 Å². The molecule has 146 valence electrons. The summed E-state index contributed by atoms with van der Waals surface area (Å²) in [6.45, 7) is 4.78. The quantitative estimate of drug-likeness (QED) is 0.365. The van der Waals surface area contributed by atoms with Crippen LogP contribution < -0.4 is 5.32 Å². The topological polar surface area (TPSA) is 77.2 Å². The number of hydrogen-bond donors (Lipinski definition) is 1. The zero-order valence-electron chi connectivity index (χ0n) is 16.3. The molecule has 0 radical (unpaired) electrons. The summed E-state index contributed by atoms with van der Waals surface area (Å²) in [7, 11) is 0. The number of aryl methyl sites for hydroxylation is 1. The average molecular weight is 387 g/mol. The molecule has 1 heterocycles. The molecule has 0 aliphatic rings. The molecule has 3 aromatic carbocycles. The Morgan fingerprint density at radius 3 is 2.41 bits per heavy atom. The molecule has 4 aromatic rings. The Balaban J connectivity index is 1.62. The third kappa shape index (κ3) is 3.33. The van der Waals surface area contributed by atoms with Crippen LogP contribution in [0, 0.1) is 10.1 Å². The summed E-state index contributed by atoms with van der Waals surface area (Å²) >= 11 is 0. The molecule has 0 fully saturated rings. The lowest BCUT2D eigenvalue weighted by atomic mass is 10.00. The third-order valence-electron chi connectivity index (χ3n) is 5.35. The number of carbonyl (C=O) groups is 1. The zero-order chi connectivity index (χ0) is 20.5. The molecule has 0 aliphatic heterocycles. The van der Waals surface area contributed by atoms with Gasteiger partial charge in [0.25, 0.3) is 5.69 Å². The molecule has 1 amide bonds. The minimum Gasteiger partial charge on any atom is -0.341 e. The number of carbonyl (C=O) groups excluding carboxylic acids is 1. The lowest BCUT2D eigenvalue weighted by Crippen LogP contribution is -2.18. The van der Waals surface area contributed by atoms with Gasteiger partial charge in [-0.05, 0) is 43.7 Å². The van der Waals surface area contributed by atoms with E-state index in [1.54, 1.807) is 19.1 Å². The van der Waals surface area contributed by atoms with Gasteiger partial charge in [-0.1, -0.05) is 30.3 Å². The monoisotopic (exact) mass is 387 g/mol. The Labute approximate surface area is 167 Å². The molecular weight excluding hydrogens is 366 g/mol. The first kappa shape index (κ1) is 18.7. The van der Waals surface area contributed by atoms with E-state index in [0.717, 1.165) is 34.1 Å². The first-order chi connectivity index (χ1) is 14.0. The molecule has 29 heavy (non-hydrogen) atoms. The van der Waals surface area contributed by atoms with Gasteiger partial charge in [-0.3, -0.25) is 14.9 Å². The SMILES string of the molecule is CCn1c2ccccc2c2cc(NC(=O)[C@H](C)c3ccc([N+](=O)[O-])cc3)ccc21. The van der Waals surface area contributed by atoms with Gasteiger partial charge in [-0.15, -0.1) is 0 Å². The van der Waals surface area contributed by atoms with Crippen LogP contribution in [0.4, 0.5) is 11.4 Å². The number of rotatable bonds is 5. The number of hydrogen-bond acceptors (Lipinski definition) is 3. The minimum absolute atomic E-state index is 0.0131. The van der Waals surface area contributed by atoms with E-state index >= 15 is 0 Å². The van der Waals surface area contributed by atoms with E-state index in [0.29, 0.717) is 0 Å². The van der Waals surface area contributed by atoms with Crippen LogP contribution in [0.15, 0.2) is 66.7 Å². The van der Waals surface area contributed by atoms with Crippen LogP contribution in [0.5, 0.6) is 0 Å². The molecule has 0 aliphatic carbocycles. The highest BCUT2D eigenvalue weighted by atomic mass is 16.6. The van der Waals surface area contributed by atoms with Crippen molar-refractivity contribution in [2.24, 2.45) is 0 Å². The second-order valence-electron chi connectivity index (χ2n) is 7.05. The van der Waals surface area contributed by atoms with Crippen molar-refractivity contribution in [1.82, 2.24) is 4.57 Å². The van der Waals surface area contributed by atoms with E-state index in [-0.39, 0.29) is 11.6 Å². The van der Waals surface area contributed by atoms with Crippen molar-refractivity contribution in [3.8, 4) is 0 Å². The molecule has 1 N–H and O–H groups in total. The number of benzene rings is 3. The number of nitro groups is 1. The van der Waals surface area contributed by atoms with Crippen LogP contribution in [-0.4, -0.2) is 15.4 Å². The molecule has 0 saturated heterocycles. The van der Waals surface area contributed by atoms with E-state index in [4.69, 9.17) is 0 Å². The fraction of sp³-hybridized carbons (Fsp3) is 0.174. The molecule has 0 saturated carbocycles. The standard InChI is InChI=1S/C23H21N3O3/c1-3-25-21-7-5-4-6-19(21)20-14-17(10-13-22(20)25)24-23(27)15(2)16-8-11-18(12-9-16)26(28)29/h4-15H,3H2,1-2H3,(H,24,27)/t15-/m1/s1. The molecule has 0 spiro atoms. The number of fused-ring (bicyclic) bond motifs is 3. The number of anilines is 1. The van der Waals surface area contributed by atoms with Gasteiger partial charge >= 0.3 is 0 Å². The number of non-ortho nitro benzene ring substituents is 1. The van der Waals surface area contributed by atoms with Crippen molar-refractivity contribution in [2.75, 3.05) is 5.32 Å². The van der Waals surface area contributed by atoms with Gasteiger partial charge < -0.3 is 9.88 Å². The van der Waals surface area contributed by atoms with Crippen LogP contribution in [0.2, 0.25) is 0 Å². The Bertz CT molecular complexity index is 1230. The molecule has 6 heteroatoms. The van der Waals surface area contributed by atoms with Crippen molar-refractivity contribution in [3.63, 3.8) is 0 Å². The van der Waals surface area contributed by atoms with E-state index in [1.165, 1.54) is 17.6 Å². The van der Waals surface area contributed by atoms with Crippen LogP contribution in [0.25, 0.3) is 21.8 Å². The summed E-state index contributed by atoms with van der Waals surface area (Å²) in [6.07, 6.45) is 0. The molecular formula is C23H21N3O3. The number of amides is 1. The zero-order valence-corrected chi connectivity index (χ0v) is 16.3. The fourth-order valence-electron chi connectivity index (χ4n) is 3.76. The van der Waals surface area contributed by atoms with Crippen molar-refractivity contribution in [1.29, 1.82) is 0 Å². The molecule has 1 aromatic heterocycles. The second-order valence-corrected chi connectivity index (χ2v) is 7.05. The van der Waals surface area contributed by atoms with Crippen molar-refractivity contribution in [3.05, 3.63) is 82.4 Å². The molecule has 0 unspecified atom stereocenters. The van der Waals surface area contributed by atoms with Crippen LogP contribution >= 0.6 is 0 Å². The van der Waals surface area contributed by atoms with Gasteiger partial charge in [0.1, 0.15) is 0 Å². The number of nitro benzene ring substituents is 1. The van der Waals surface area contributed by atoms with Crippen molar-refractivity contribution >= 4 is 39.1 Å². The Morgan fingerprint density at radius 2 is 1.72 bits per heavy atom. The predicted octanol–water partition coefficient (Wildman–Crippen LogP) is 5.46. The summed E-state index contributed by atoms with van der Waals surface area (Å²) < 4.78 is 2.26. The lowest BCUT2D eigenvalue weighted by Gasteiger charge is -2.13.